The molecule has 1 aliphatic carbocycles. The average Bonchev–Trinajstić information content (AvgIpc) is 3.02. The highest BCUT2D eigenvalue weighted by Crippen LogP contribution is 2.32. The Hall–Kier alpha value is -2.17. The molecule has 5 nitrogen and oxygen atoms in total. The molecule has 2 fully saturated rings. The molecule has 1 aromatic carbocycles. The summed E-state index contributed by atoms with van der Waals surface area (Å²) in [7, 11) is 0. The molecular weight excluding hydrogens is 364 g/mol. The molecule has 2 atom stereocenters. The van der Waals surface area contributed by atoms with Gasteiger partial charge in [-0.3, -0.25) is 14.4 Å². The van der Waals surface area contributed by atoms with Crippen molar-refractivity contribution in [1.82, 2.24) is 4.90 Å². The number of rotatable bonds is 6. The van der Waals surface area contributed by atoms with Gasteiger partial charge in [0.25, 0.3) is 5.91 Å². The maximum Gasteiger partial charge on any atom is 0.257 e. The number of imide groups is 1. The minimum Gasteiger partial charge on any atom is -0.327 e. The van der Waals surface area contributed by atoms with Crippen molar-refractivity contribution in [3.05, 3.63) is 29.8 Å². The number of carbonyl (C=O) groups is 3. The van der Waals surface area contributed by atoms with Gasteiger partial charge < -0.3 is 4.90 Å². The fourth-order valence-electron chi connectivity index (χ4n) is 4.55. The molecule has 0 aromatic heterocycles. The summed E-state index contributed by atoms with van der Waals surface area (Å²) in [6.07, 6.45) is 5.93. The molecule has 3 amide bonds. The molecule has 2 unspecified atom stereocenters. The smallest absolute Gasteiger partial charge is 0.257 e. The van der Waals surface area contributed by atoms with E-state index in [-0.39, 0.29) is 36.1 Å². The van der Waals surface area contributed by atoms with Gasteiger partial charge in [0.15, 0.2) is 0 Å². The zero-order chi connectivity index (χ0) is 21.1. The van der Waals surface area contributed by atoms with Gasteiger partial charge in [0.1, 0.15) is 6.04 Å². The highest BCUT2D eigenvalue weighted by molar-refractivity contribution is 6.23. The molecular formula is C24H34N2O3. The van der Waals surface area contributed by atoms with Gasteiger partial charge in [0.05, 0.1) is 12.1 Å². The third kappa shape index (κ3) is 4.39. The van der Waals surface area contributed by atoms with Gasteiger partial charge in [-0.15, -0.1) is 0 Å². The largest absolute Gasteiger partial charge is 0.327 e. The van der Waals surface area contributed by atoms with E-state index in [0.29, 0.717) is 11.6 Å². The second kappa shape index (κ2) is 9.10. The third-order valence-electron chi connectivity index (χ3n) is 6.55. The number of hydrogen-bond acceptors (Lipinski definition) is 3. The van der Waals surface area contributed by atoms with Crippen molar-refractivity contribution in [2.45, 2.75) is 90.6 Å². The first-order valence-corrected chi connectivity index (χ1v) is 11.1. The van der Waals surface area contributed by atoms with Crippen LogP contribution in [0.1, 0.15) is 84.1 Å². The molecule has 3 rings (SSSR count). The van der Waals surface area contributed by atoms with Gasteiger partial charge in [-0.1, -0.05) is 52.2 Å². The average molecular weight is 399 g/mol. The minimum absolute atomic E-state index is 0.0139. The summed E-state index contributed by atoms with van der Waals surface area (Å²) in [5.74, 6) is -0.0585. The summed E-state index contributed by atoms with van der Waals surface area (Å²) < 4.78 is 0. The van der Waals surface area contributed by atoms with E-state index in [1.807, 2.05) is 38.1 Å². The Kier molecular flexibility index (Phi) is 6.76. The molecule has 1 saturated heterocycles. The van der Waals surface area contributed by atoms with E-state index >= 15 is 0 Å². The molecule has 1 saturated carbocycles. The Morgan fingerprint density at radius 3 is 2.24 bits per heavy atom. The van der Waals surface area contributed by atoms with Crippen LogP contribution in [0.4, 0.5) is 5.69 Å². The highest BCUT2D eigenvalue weighted by Gasteiger charge is 2.46. The number of hydrogen-bond donors (Lipinski definition) is 0. The second-order valence-corrected chi connectivity index (χ2v) is 8.87. The van der Waals surface area contributed by atoms with Crippen LogP contribution in [0, 0.1) is 5.92 Å². The Labute approximate surface area is 174 Å². The molecule has 0 radical (unpaired) electrons. The molecule has 158 valence electrons. The zero-order valence-electron chi connectivity index (χ0n) is 18.2. The van der Waals surface area contributed by atoms with Crippen LogP contribution < -0.4 is 4.90 Å². The van der Waals surface area contributed by atoms with Crippen molar-refractivity contribution in [3.63, 3.8) is 0 Å². The summed E-state index contributed by atoms with van der Waals surface area (Å²) in [5, 5.41) is 0. The van der Waals surface area contributed by atoms with Gasteiger partial charge in [0.2, 0.25) is 11.8 Å². The van der Waals surface area contributed by atoms with Crippen LogP contribution in [0.15, 0.2) is 24.3 Å². The SMILES string of the molecule is CCC(C)N(C(=O)C1CCCCC1)C1CC(=O)N(c2ccc(C(C)C)cc2)C1=O. The van der Waals surface area contributed by atoms with E-state index in [1.54, 1.807) is 4.90 Å². The first-order valence-electron chi connectivity index (χ1n) is 11.1. The Morgan fingerprint density at radius 1 is 1.07 bits per heavy atom. The van der Waals surface area contributed by atoms with Crippen molar-refractivity contribution in [2.75, 3.05) is 4.90 Å². The predicted molar refractivity (Wildman–Crippen MR) is 115 cm³/mol. The summed E-state index contributed by atoms with van der Waals surface area (Å²) >= 11 is 0. The first kappa shape index (κ1) is 21.5. The van der Waals surface area contributed by atoms with E-state index in [4.69, 9.17) is 0 Å². The van der Waals surface area contributed by atoms with Crippen molar-refractivity contribution < 1.29 is 14.4 Å². The number of carbonyl (C=O) groups excluding carboxylic acids is 3. The second-order valence-electron chi connectivity index (χ2n) is 8.87. The lowest BCUT2D eigenvalue weighted by Gasteiger charge is -2.36. The summed E-state index contributed by atoms with van der Waals surface area (Å²) in [4.78, 5) is 42.4. The lowest BCUT2D eigenvalue weighted by Crippen LogP contribution is -2.52. The Morgan fingerprint density at radius 2 is 1.69 bits per heavy atom. The molecule has 0 bridgehead atoms. The summed E-state index contributed by atoms with van der Waals surface area (Å²) in [6.45, 7) is 8.23. The molecule has 5 heteroatoms. The number of benzene rings is 1. The van der Waals surface area contributed by atoms with Crippen molar-refractivity contribution in [2.24, 2.45) is 5.92 Å². The predicted octanol–water partition coefficient (Wildman–Crippen LogP) is 4.65. The van der Waals surface area contributed by atoms with E-state index in [2.05, 4.69) is 13.8 Å². The van der Waals surface area contributed by atoms with Crippen LogP contribution >= 0.6 is 0 Å². The third-order valence-corrected chi connectivity index (χ3v) is 6.55. The van der Waals surface area contributed by atoms with E-state index in [1.165, 1.54) is 11.3 Å². The molecule has 29 heavy (non-hydrogen) atoms. The Bertz CT molecular complexity index is 750. The Balaban J connectivity index is 1.85. The normalized spacial score (nSPS) is 21.7. The fraction of sp³-hybridized carbons (Fsp3) is 0.625. The summed E-state index contributed by atoms with van der Waals surface area (Å²) in [6, 6.07) is 6.86. The van der Waals surface area contributed by atoms with Gasteiger partial charge in [0, 0.05) is 12.0 Å². The fourth-order valence-corrected chi connectivity index (χ4v) is 4.55. The van der Waals surface area contributed by atoms with E-state index in [9.17, 15) is 14.4 Å². The van der Waals surface area contributed by atoms with Crippen LogP contribution in [-0.4, -0.2) is 34.7 Å². The molecule has 1 aromatic rings. The molecule has 0 spiro atoms. The van der Waals surface area contributed by atoms with Crippen LogP contribution in [-0.2, 0) is 14.4 Å². The maximum absolute atomic E-state index is 13.3. The minimum atomic E-state index is -0.684. The van der Waals surface area contributed by atoms with Gasteiger partial charge in [-0.25, -0.2) is 4.90 Å². The maximum atomic E-state index is 13.3. The monoisotopic (exact) mass is 398 g/mol. The quantitative estimate of drug-likeness (QED) is 0.656. The molecule has 2 aliphatic rings. The molecule has 0 N–H and O–H groups in total. The van der Waals surface area contributed by atoms with Crippen LogP contribution in [0.5, 0.6) is 0 Å². The number of amides is 3. The lowest BCUT2D eigenvalue weighted by atomic mass is 9.87. The van der Waals surface area contributed by atoms with Crippen molar-refractivity contribution in [1.29, 1.82) is 0 Å². The van der Waals surface area contributed by atoms with Gasteiger partial charge in [-0.05, 0) is 49.8 Å². The lowest BCUT2D eigenvalue weighted by molar-refractivity contribution is -0.145. The number of nitrogens with zero attached hydrogens (tertiary/aromatic N) is 2. The van der Waals surface area contributed by atoms with E-state index < -0.39 is 6.04 Å². The van der Waals surface area contributed by atoms with Crippen LogP contribution in [0.25, 0.3) is 0 Å². The molecule has 1 aliphatic heterocycles. The first-order chi connectivity index (χ1) is 13.8. The molecule has 1 heterocycles. The standard InChI is InChI=1S/C24H34N2O3/c1-5-17(4)25(23(28)19-9-7-6-8-10-19)21-15-22(27)26(24(21)29)20-13-11-18(12-14-20)16(2)3/h11-14,16-17,19,21H,5-10,15H2,1-4H3. The van der Waals surface area contributed by atoms with Crippen LogP contribution in [0.2, 0.25) is 0 Å². The topological polar surface area (TPSA) is 57.7 Å². The zero-order valence-corrected chi connectivity index (χ0v) is 18.2. The number of anilines is 1. The van der Waals surface area contributed by atoms with Crippen molar-refractivity contribution in [3.8, 4) is 0 Å². The van der Waals surface area contributed by atoms with Gasteiger partial charge in [-0.2, -0.15) is 0 Å². The van der Waals surface area contributed by atoms with Gasteiger partial charge >= 0.3 is 0 Å². The van der Waals surface area contributed by atoms with Crippen LogP contribution in [0.3, 0.4) is 0 Å². The van der Waals surface area contributed by atoms with Crippen molar-refractivity contribution >= 4 is 23.4 Å². The summed E-state index contributed by atoms with van der Waals surface area (Å²) in [5.41, 5.74) is 1.76. The van der Waals surface area contributed by atoms with E-state index in [0.717, 1.165) is 37.7 Å². The highest BCUT2D eigenvalue weighted by atomic mass is 16.2.